The summed E-state index contributed by atoms with van der Waals surface area (Å²) in [6.45, 7) is 2.07. The fourth-order valence-electron chi connectivity index (χ4n) is 6.99. The minimum Gasteiger partial charge on any atom is -0.504 e. The van der Waals surface area contributed by atoms with Gasteiger partial charge in [-0.2, -0.15) is 0 Å². The number of carbonyl (C=O) groups excluding carboxylic acids is 2. The molecule has 3 aromatic rings. The van der Waals surface area contributed by atoms with E-state index in [0.29, 0.717) is 23.1 Å². The van der Waals surface area contributed by atoms with Gasteiger partial charge in [0.15, 0.2) is 40.3 Å². The number of esters is 2. The average molecular weight is 704 g/mol. The number of aliphatic hydroxyl groups is 1. The van der Waals surface area contributed by atoms with Crippen LogP contribution in [0.4, 0.5) is 0 Å². The predicted octanol–water partition coefficient (Wildman–Crippen LogP) is 3.45. The molecule has 6 atom stereocenters. The summed E-state index contributed by atoms with van der Waals surface area (Å²) < 4.78 is 18.4. The van der Waals surface area contributed by atoms with Crippen molar-refractivity contribution < 1.29 is 59.2 Å². The van der Waals surface area contributed by atoms with Crippen molar-refractivity contribution in [2.24, 2.45) is 5.92 Å². The molecule has 0 bridgehead atoms. The largest absolute Gasteiger partial charge is 0.504 e. The summed E-state index contributed by atoms with van der Waals surface area (Å²) in [6.07, 6.45) is 2.26. The Morgan fingerprint density at radius 2 is 1.49 bits per heavy atom. The second-order valence-corrected chi connectivity index (χ2v) is 12.7. The van der Waals surface area contributed by atoms with Crippen LogP contribution in [0.2, 0.25) is 0 Å². The number of hydrogen-bond acceptors (Lipinski definition) is 12. The van der Waals surface area contributed by atoms with Gasteiger partial charge in [0.2, 0.25) is 0 Å². The van der Waals surface area contributed by atoms with Crippen molar-refractivity contribution >= 4 is 30.1 Å². The van der Waals surface area contributed by atoms with Crippen molar-refractivity contribution in [1.82, 2.24) is 5.32 Å². The number of likely N-dealkylation sites (N-methyl/N-ethyl adjacent to an activating group) is 1. The number of carbonyl (C=O) groups is 3. The van der Waals surface area contributed by atoms with E-state index in [9.17, 15) is 45.0 Å². The summed E-state index contributed by atoms with van der Waals surface area (Å²) in [4.78, 5) is 40.4. The molecule has 13 nitrogen and oxygen atoms in total. The Labute approximate surface area is 294 Å². The standard InChI is InChI=1S/C38H41NO12/c1-3-22-5-4-6-25(17-22)18-26-35(50-33(44)13-9-23-7-11-27(40)29(42)19-23)38(51-34(45)14-10-24-8-12-28(41)30(43)20-24)31(39-2)15-16-49-32(38)21-37(26,48)36(46)47/h4-14,17,19-20,26,31-32,35,39-43,48H,3,15-16,18,21H2,1-2H3,(H,46,47)/b13-9+,14-10+/t26-,31-,32+,35+,37+,38-/m0/s1. The first kappa shape index (κ1) is 36.9. The molecule has 0 aromatic heterocycles. The summed E-state index contributed by atoms with van der Waals surface area (Å²) in [6, 6.07) is 14.4. The number of nitrogens with one attached hydrogen (secondary N) is 1. The van der Waals surface area contributed by atoms with Gasteiger partial charge in [0.05, 0.1) is 6.04 Å². The molecule has 5 rings (SSSR count). The molecular weight excluding hydrogens is 662 g/mol. The van der Waals surface area contributed by atoms with E-state index >= 15 is 0 Å². The van der Waals surface area contributed by atoms with E-state index in [1.807, 2.05) is 19.1 Å². The normalized spacial score (nSPS) is 26.1. The van der Waals surface area contributed by atoms with Crippen LogP contribution in [0.1, 0.15) is 42.0 Å². The Hall–Kier alpha value is -5.37. The van der Waals surface area contributed by atoms with Gasteiger partial charge < -0.3 is 50.2 Å². The number of benzene rings is 3. The van der Waals surface area contributed by atoms with E-state index in [-0.39, 0.29) is 30.9 Å². The first-order chi connectivity index (χ1) is 24.3. The molecule has 270 valence electrons. The van der Waals surface area contributed by atoms with Gasteiger partial charge in [0.25, 0.3) is 0 Å². The molecule has 1 aliphatic carbocycles. The predicted molar refractivity (Wildman–Crippen MR) is 184 cm³/mol. The van der Waals surface area contributed by atoms with Crippen LogP contribution in [0.15, 0.2) is 72.8 Å². The number of aromatic hydroxyl groups is 4. The van der Waals surface area contributed by atoms with E-state index in [1.165, 1.54) is 48.6 Å². The van der Waals surface area contributed by atoms with E-state index in [2.05, 4.69) is 5.32 Å². The number of ether oxygens (including phenoxy) is 3. The number of hydrogen-bond donors (Lipinski definition) is 7. The number of carboxylic acids is 1. The second-order valence-electron chi connectivity index (χ2n) is 12.7. The number of phenols is 4. The van der Waals surface area contributed by atoms with Crippen molar-refractivity contribution in [1.29, 1.82) is 0 Å². The molecule has 1 heterocycles. The number of carboxylic acid groups (broad SMARTS) is 1. The number of fused-ring (bicyclic) bond motifs is 1. The van der Waals surface area contributed by atoms with E-state index in [1.54, 1.807) is 19.2 Å². The molecule has 1 saturated heterocycles. The first-order valence-electron chi connectivity index (χ1n) is 16.5. The zero-order valence-electron chi connectivity index (χ0n) is 28.1. The lowest BCUT2D eigenvalue weighted by atomic mass is 9.60. The zero-order chi connectivity index (χ0) is 36.9. The van der Waals surface area contributed by atoms with Crippen molar-refractivity contribution in [2.75, 3.05) is 13.7 Å². The van der Waals surface area contributed by atoms with Crippen LogP contribution >= 0.6 is 0 Å². The second kappa shape index (κ2) is 15.3. The topological polar surface area (TPSA) is 212 Å². The van der Waals surface area contributed by atoms with Crippen LogP contribution < -0.4 is 5.32 Å². The van der Waals surface area contributed by atoms with Crippen molar-refractivity contribution in [3.63, 3.8) is 0 Å². The van der Waals surface area contributed by atoms with Crippen LogP contribution in [-0.4, -0.2) is 91.7 Å². The summed E-state index contributed by atoms with van der Waals surface area (Å²) in [5.41, 5.74) is -2.07. The Morgan fingerprint density at radius 3 is 2.06 bits per heavy atom. The Morgan fingerprint density at radius 1 is 0.882 bits per heavy atom. The van der Waals surface area contributed by atoms with Crippen LogP contribution in [0.3, 0.4) is 0 Å². The Kier molecular flexibility index (Phi) is 11.0. The molecule has 13 heteroatoms. The number of phenolic OH excluding ortho intramolecular Hbond substituents is 4. The lowest BCUT2D eigenvalue weighted by molar-refractivity contribution is -0.286. The van der Waals surface area contributed by atoms with Gasteiger partial charge in [-0.15, -0.1) is 0 Å². The molecule has 7 N–H and O–H groups in total. The summed E-state index contributed by atoms with van der Waals surface area (Å²) in [7, 11) is 1.62. The monoisotopic (exact) mass is 703 g/mol. The highest BCUT2D eigenvalue weighted by Crippen LogP contribution is 2.50. The maximum atomic E-state index is 13.7. The van der Waals surface area contributed by atoms with Crippen molar-refractivity contribution in [2.45, 2.75) is 62.1 Å². The lowest BCUT2D eigenvalue weighted by Gasteiger charge is -2.58. The molecular formula is C38H41NO12. The minimum atomic E-state index is -2.50. The molecule has 1 aliphatic heterocycles. The summed E-state index contributed by atoms with van der Waals surface area (Å²) >= 11 is 0. The number of aryl methyl sites for hydroxylation is 1. The van der Waals surface area contributed by atoms with E-state index < -0.39 is 71.2 Å². The molecule has 51 heavy (non-hydrogen) atoms. The fourth-order valence-corrected chi connectivity index (χ4v) is 6.99. The molecule has 2 aliphatic rings. The van der Waals surface area contributed by atoms with Gasteiger partial charge in [0, 0.05) is 31.1 Å². The summed E-state index contributed by atoms with van der Waals surface area (Å²) in [5.74, 6) is -6.36. The van der Waals surface area contributed by atoms with Gasteiger partial charge >= 0.3 is 17.9 Å². The molecule has 0 amide bonds. The first-order valence-corrected chi connectivity index (χ1v) is 16.5. The van der Waals surface area contributed by atoms with Gasteiger partial charge in [-0.25, -0.2) is 14.4 Å². The van der Waals surface area contributed by atoms with Gasteiger partial charge in [-0.05, 0) is 85.0 Å². The quantitative estimate of drug-likeness (QED) is 0.0868. The lowest BCUT2D eigenvalue weighted by Crippen LogP contribution is -2.78. The minimum absolute atomic E-state index is 0.0881. The van der Waals surface area contributed by atoms with Crippen molar-refractivity contribution in [3.05, 3.63) is 95.1 Å². The van der Waals surface area contributed by atoms with Gasteiger partial charge in [-0.3, -0.25) is 0 Å². The highest BCUT2D eigenvalue weighted by Gasteiger charge is 2.70. The molecule has 1 saturated carbocycles. The third-order valence-electron chi connectivity index (χ3n) is 9.61. The molecule has 0 spiro atoms. The van der Waals surface area contributed by atoms with Crippen LogP contribution in [0.5, 0.6) is 23.0 Å². The van der Waals surface area contributed by atoms with Crippen molar-refractivity contribution in [3.8, 4) is 23.0 Å². The fraction of sp³-hybridized carbons (Fsp3) is 0.342. The highest BCUT2D eigenvalue weighted by atomic mass is 16.6. The summed E-state index contributed by atoms with van der Waals surface area (Å²) in [5, 5.41) is 64.9. The third kappa shape index (κ3) is 7.70. The molecule has 3 aromatic carbocycles. The Bertz CT molecular complexity index is 1840. The van der Waals surface area contributed by atoms with Gasteiger partial charge in [0.1, 0.15) is 6.10 Å². The SMILES string of the molecule is CCc1cccc(C[C@H]2[C@@H](OC(=O)/C=C/c3ccc(O)c(O)c3)[C@]3(OC(=O)/C=C/c4ccc(O)c(O)c4)[C@@H](NC)CCO[C@@H]3C[C@]2(O)C(=O)O)c1. The van der Waals surface area contributed by atoms with Crippen LogP contribution in [0, 0.1) is 5.92 Å². The number of rotatable bonds is 11. The highest BCUT2D eigenvalue weighted by molar-refractivity contribution is 5.89. The van der Waals surface area contributed by atoms with E-state index in [4.69, 9.17) is 14.2 Å². The molecule has 2 fully saturated rings. The molecule has 0 unspecified atom stereocenters. The third-order valence-corrected chi connectivity index (χ3v) is 9.61. The zero-order valence-corrected chi connectivity index (χ0v) is 28.1. The maximum absolute atomic E-state index is 13.7. The van der Waals surface area contributed by atoms with E-state index in [0.717, 1.165) is 17.7 Å². The number of aliphatic carboxylic acids is 1. The Balaban J connectivity index is 1.62. The van der Waals surface area contributed by atoms with Gasteiger partial charge in [-0.1, -0.05) is 43.3 Å². The van der Waals surface area contributed by atoms with Crippen LogP contribution in [-0.2, 0) is 41.4 Å². The maximum Gasteiger partial charge on any atom is 0.336 e. The van der Waals surface area contributed by atoms with Crippen LogP contribution in [0.25, 0.3) is 12.2 Å². The molecule has 0 radical (unpaired) electrons. The average Bonchev–Trinajstić information content (AvgIpc) is 3.11. The smallest absolute Gasteiger partial charge is 0.336 e.